The molecule has 2 aromatic rings. The molecular formula is C26H30N2O4. The molecule has 4 bridgehead atoms. The Morgan fingerprint density at radius 1 is 0.625 bits per heavy atom. The molecule has 5 rings (SSSR count). The minimum atomic E-state index is -0.490. The van der Waals surface area contributed by atoms with Crippen LogP contribution in [-0.4, -0.2) is 60.1 Å². The highest BCUT2D eigenvalue weighted by Crippen LogP contribution is 2.32. The molecule has 3 heterocycles. The van der Waals surface area contributed by atoms with Crippen LogP contribution in [-0.2, 0) is 19.1 Å². The molecule has 6 heteroatoms. The van der Waals surface area contributed by atoms with E-state index < -0.39 is 12.2 Å². The van der Waals surface area contributed by atoms with E-state index in [2.05, 4.69) is 0 Å². The molecule has 2 aromatic carbocycles. The first-order valence-electron chi connectivity index (χ1n) is 11.7. The average Bonchev–Trinajstić information content (AvgIpc) is 2.83. The van der Waals surface area contributed by atoms with Crippen molar-refractivity contribution in [1.29, 1.82) is 0 Å². The number of fused-ring (bicyclic) bond motifs is 4. The van der Waals surface area contributed by atoms with Crippen LogP contribution >= 0.6 is 0 Å². The van der Waals surface area contributed by atoms with E-state index in [-0.39, 0.29) is 23.9 Å². The van der Waals surface area contributed by atoms with Crippen LogP contribution in [0.3, 0.4) is 0 Å². The molecule has 0 N–H and O–H groups in total. The normalized spacial score (nSPS) is 29.2. The molecule has 0 aromatic heterocycles. The van der Waals surface area contributed by atoms with Crippen molar-refractivity contribution in [2.24, 2.45) is 0 Å². The third kappa shape index (κ3) is 4.17. The van der Waals surface area contributed by atoms with E-state index in [0.717, 1.165) is 24.0 Å². The second kappa shape index (κ2) is 9.43. The van der Waals surface area contributed by atoms with E-state index >= 15 is 0 Å². The smallest absolute Gasteiger partial charge is 0.252 e. The van der Waals surface area contributed by atoms with Gasteiger partial charge in [0.1, 0.15) is 12.2 Å². The second-order valence-corrected chi connectivity index (χ2v) is 8.84. The predicted molar refractivity (Wildman–Crippen MR) is 120 cm³/mol. The summed E-state index contributed by atoms with van der Waals surface area (Å²) in [6.45, 7) is 1.97. The number of ether oxygens (including phenoxy) is 2. The third-order valence-corrected chi connectivity index (χ3v) is 6.88. The minimum absolute atomic E-state index is 0.0209. The standard InChI is InChI=1S/C26H30N2O4/c29-25-23-13-7-15-27(25)21(19-9-3-1-4-10-19)17-31-24-14-8-16-28(26(24)30)22(18-32-23)20-11-5-2-6-12-20/h1-6,9-12,21-24H,7-8,13-18H2/t21-,22-,23+,24+/m0/s1. The summed E-state index contributed by atoms with van der Waals surface area (Å²) in [6, 6.07) is 19.5. The SMILES string of the molecule is O=C1[C@H]2CCCN1[C@H](c1ccccc1)CO[C@@H]1CCCN(C1=O)[C@H](c1ccccc1)CO2. The van der Waals surface area contributed by atoms with Crippen LogP contribution in [0.2, 0.25) is 0 Å². The maximum Gasteiger partial charge on any atom is 0.252 e. The van der Waals surface area contributed by atoms with E-state index in [9.17, 15) is 9.59 Å². The molecule has 0 spiro atoms. The Balaban J connectivity index is 1.49. The van der Waals surface area contributed by atoms with Gasteiger partial charge in [-0.3, -0.25) is 9.59 Å². The highest BCUT2D eigenvalue weighted by molar-refractivity contribution is 5.83. The maximum absolute atomic E-state index is 13.4. The van der Waals surface area contributed by atoms with Crippen molar-refractivity contribution >= 4 is 11.8 Å². The van der Waals surface area contributed by atoms with Crippen molar-refractivity contribution in [3.63, 3.8) is 0 Å². The number of rotatable bonds is 2. The van der Waals surface area contributed by atoms with Crippen molar-refractivity contribution in [2.45, 2.75) is 50.0 Å². The summed E-state index contributed by atoms with van der Waals surface area (Å²) in [7, 11) is 0. The summed E-state index contributed by atoms with van der Waals surface area (Å²) in [5, 5.41) is 0. The van der Waals surface area contributed by atoms with Crippen molar-refractivity contribution in [2.75, 3.05) is 26.3 Å². The van der Waals surface area contributed by atoms with E-state index in [1.807, 2.05) is 70.5 Å². The Hall–Kier alpha value is -2.70. The van der Waals surface area contributed by atoms with Gasteiger partial charge in [0.2, 0.25) is 0 Å². The van der Waals surface area contributed by atoms with Crippen molar-refractivity contribution in [1.82, 2.24) is 9.80 Å². The summed E-state index contributed by atoms with van der Waals surface area (Å²) in [5.74, 6) is 0.0418. The van der Waals surface area contributed by atoms with Crippen LogP contribution in [0, 0.1) is 0 Å². The fourth-order valence-corrected chi connectivity index (χ4v) is 5.16. The molecule has 6 nitrogen and oxygen atoms in total. The number of carbonyl (C=O) groups excluding carboxylic acids is 2. The molecule has 4 atom stereocenters. The molecule has 3 fully saturated rings. The summed E-state index contributed by atoms with van der Waals surface area (Å²) in [6.07, 6.45) is 2.21. The summed E-state index contributed by atoms with van der Waals surface area (Å²) >= 11 is 0. The molecular weight excluding hydrogens is 404 g/mol. The van der Waals surface area contributed by atoms with Gasteiger partial charge in [0.25, 0.3) is 11.8 Å². The third-order valence-electron chi connectivity index (χ3n) is 6.88. The lowest BCUT2D eigenvalue weighted by atomic mass is 9.98. The second-order valence-electron chi connectivity index (χ2n) is 8.84. The fraction of sp³-hybridized carbons (Fsp3) is 0.462. The van der Waals surface area contributed by atoms with Gasteiger partial charge in [0, 0.05) is 13.1 Å². The lowest BCUT2D eigenvalue weighted by molar-refractivity contribution is -0.165. The first kappa shape index (κ1) is 21.2. The molecule has 3 aliphatic rings. The summed E-state index contributed by atoms with van der Waals surface area (Å²) < 4.78 is 12.5. The predicted octanol–water partition coefficient (Wildman–Crippen LogP) is 3.50. The molecule has 0 unspecified atom stereocenters. The summed E-state index contributed by atoms with van der Waals surface area (Å²) in [5.41, 5.74) is 2.06. The molecule has 2 amide bonds. The van der Waals surface area contributed by atoms with Crippen LogP contribution in [0.25, 0.3) is 0 Å². The molecule has 0 radical (unpaired) electrons. The van der Waals surface area contributed by atoms with E-state index in [0.29, 0.717) is 39.1 Å². The number of amides is 2. The number of piperidine rings is 2. The molecule has 0 saturated carbocycles. The van der Waals surface area contributed by atoms with Gasteiger partial charge in [-0.1, -0.05) is 60.7 Å². The monoisotopic (exact) mass is 434 g/mol. The first-order valence-corrected chi connectivity index (χ1v) is 11.7. The largest absolute Gasteiger partial charge is 0.366 e. The number of hydrogen-bond donors (Lipinski definition) is 0. The Labute approximate surface area is 189 Å². The summed E-state index contributed by atoms with van der Waals surface area (Å²) in [4.78, 5) is 30.7. The van der Waals surface area contributed by atoms with E-state index in [4.69, 9.17) is 9.47 Å². The van der Waals surface area contributed by atoms with Gasteiger partial charge in [-0.15, -0.1) is 0 Å². The van der Waals surface area contributed by atoms with Crippen LogP contribution < -0.4 is 0 Å². The average molecular weight is 435 g/mol. The van der Waals surface area contributed by atoms with Gasteiger partial charge in [0.05, 0.1) is 25.3 Å². The zero-order chi connectivity index (χ0) is 21.9. The zero-order valence-electron chi connectivity index (χ0n) is 18.3. The first-order chi connectivity index (χ1) is 15.7. The van der Waals surface area contributed by atoms with E-state index in [1.165, 1.54) is 0 Å². The van der Waals surface area contributed by atoms with Crippen molar-refractivity contribution in [3.8, 4) is 0 Å². The van der Waals surface area contributed by atoms with Crippen LogP contribution in [0.5, 0.6) is 0 Å². The number of carbonyl (C=O) groups is 2. The van der Waals surface area contributed by atoms with E-state index in [1.54, 1.807) is 0 Å². The lowest BCUT2D eigenvalue weighted by Gasteiger charge is -2.43. The maximum atomic E-state index is 13.4. The van der Waals surface area contributed by atoms with Gasteiger partial charge >= 0.3 is 0 Å². The topological polar surface area (TPSA) is 59.1 Å². The Kier molecular flexibility index (Phi) is 6.23. The van der Waals surface area contributed by atoms with Gasteiger partial charge in [-0.25, -0.2) is 0 Å². The number of hydrogen-bond acceptors (Lipinski definition) is 4. The zero-order valence-corrected chi connectivity index (χ0v) is 18.3. The minimum Gasteiger partial charge on any atom is -0.366 e. The van der Waals surface area contributed by atoms with Gasteiger partial charge in [-0.05, 0) is 36.8 Å². The Bertz CT molecular complexity index is 858. The highest BCUT2D eigenvalue weighted by atomic mass is 16.5. The van der Waals surface area contributed by atoms with Crippen molar-refractivity contribution < 1.29 is 19.1 Å². The molecule has 3 saturated heterocycles. The lowest BCUT2D eigenvalue weighted by Crippen LogP contribution is -2.52. The molecule has 168 valence electrons. The quantitative estimate of drug-likeness (QED) is 0.726. The fourth-order valence-electron chi connectivity index (χ4n) is 5.16. The van der Waals surface area contributed by atoms with Gasteiger partial charge < -0.3 is 19.3 Å². The number of nitrogens with zero attached hydrogens (tertiary/aromatic N) is 2. The van der Waals surface area contributed by atoms with Crippen molar-refractivity contribution in [3.05, 3.63) is 71.8 Å². The van der Waals surface area contributed by atoms with Crippen LogP contribution in [0.4, 0.5) is 0 Å². The van der Waals surface area contributed by atoms with Gasteiger partial charge in [0.15, 0.2) is 0 Å². The number of benzene rings is 2. The molecule has 0 aliphatic carbocycles. The Morgan fingerprint density at radius 2 is 1.03 bits per heavy atom. The van der Waals surface area contributed by atoms with Crippen LogP contribution in [0.15, 0.2) is 60.7 Å². The Morgan fingerprint density at radius 3 is 1.44 bits per heavy atom. The van der Waals surface area contributed by atoms with Gasteiger partial charge in [-0.2, -0.15) is 0 Å². The molecule has 3 aliphatic heterocycles. The highest BCUT2D eigenvalue weighted by Gasteiger charge is 2.40. The molecule has 32 heavy (non-hydrogen) atoms. The van der Waals surface area contributed by atoms with Crippen LogP contribution in [0.1, 0.15) is 48.9 Å².